The molecule has 0 aliphatic carbocycles. The van der Waals surface area contributed by atoms with Gasteiger partial charge >= 0.3 is 0 Å². The van der Waals surface area contributed by atoms with Crippen molar-refractivity contribution in [2.24, 2.45) is 0 Å². The zero-order chi connectivity index (χ0) is 13.7. The summed E-state index contributed by atoms with van der Waals surface area (Å²) < 4.78 is 0. The lowest BCUT2D eigenvalue weighted by molar-refractivity contribution is 0.108. The highest BCUT2D eigenvalue weighted by Crippen LogP contribution is 2.24. The first kappa shape index (κ1) is 13.8. The van der Waals surface area contributed by atoms with Gasteiger partial charge in [0.1, 0.15) is 0 Å². The summed E-state index contributed by atoms with van der Waals surface area (Å²) in [5.74, 6) is 0.974. The Morgan fingerprint density at radius 3 is 2.58 bits per heavy atom. The molecule has 0 bridgehead atoms. The number of nitrogens with zero attached hydrogens (tertiary/aromatic N) is 1. The summed E-state index contributed by atoms with van der Waals surface area (Å²) in [6.07, 6.45) is 1.75. The van der Waals surface area contributed by atoms with Gasteiger partial charge in [0.25, 0.3) is 0 Å². The van der Waals surface area contributed by atoms with Crippen LogP contribution in [0.3, 0.4) is 0 Å². The van der Waals surface area contributed by atoms with Crippen LogP contribution in [0.2, 0.25) is 0 Å². The van der Waals surface area contributed by atoms with E-state index in [0.717, 1.165) is 16.8 Å². The third-order valence-electron chi connectivity index (χ3n) is 2.88. The maximum Gasteiger partial charge on any atom is 0.220 e. The van der Waals surface area contributed by atoms with Gasteiger partial charge in [0, 0.05) is 17.5 Å². The molecular weight excluding hydrogens is 254 g/mol. The lowest BCUT2D eigenvalue weighted by Crippen LogP contribution is -2.02. The number of carbonyl (C=O) groups is 1. The molecule has 0 unspecified atom stereocenters. The summed E-state index contributed by atoms with van der Waals surface area (Å²) in [5.41, 5.74) is 2.86. The first-order valence-electron chi connectivity index (χ1n) is 6.34. The third-order valence-corrected chi connectivity index (χ3v) is 3.80. The molecular formula is C16H17NOS. The molecule has 0 aliphatic rings. The van der Waals surface area contributed by atoms with Crippen LogP contribution in [0.25, 0.3) is 0 Å². The Balaban J connectivity index is 2.08. The second kappa shape index (κ2) is 6.53. The van der Waals surface area contributed by atoms with Crippen molar-refractivity contribution in [2.75, 3.05) is 0 Å². The van der Waals surface area contributed by atoms with E-state index in [9.17, 15) is 4.79 Å². The Morgan fingerprint density at radius 1 is 1.16 bits per heavy atom. The van der Waals surface area contributed by atoms with Crippen molar-refractivity contribution >= 4 is 16.9 Å². The van der Waals surface area contributed by atoms with Gasteiger partial charge in [0.15, 0.2) is 0 Å². The van der Waals surface area contributed by atoms with Gasteiger partial charge in [0.2, 0.25) is 5.12 Å². The monoisotopic (exact) mass is 271 g/mol. The molecule has 0 spiro atoms. The lowest BCUT2D eigenvalue weighted by atomic mass is 9.98. The maximum atomic E-state index is 12.3. The minimum Gasteiger partial charge on any atom is -0.282 e. The average molecular weight is 271 g/mol. The van der Waals surface area contributed by atoms with Crippen molar-refractivity contribution in [1.82, 2.24) is 4.98 Å². The van der Waals surface area contributed by atoms with Gasteiger partial charge in [-0.15, -0.1) is 0 Å². The van der Waals surface area contributed by atoms with Crippen LogP contribution in [0.4, 0.5) is 0 Å². The van der Waals surface area contributed by atoms with Crippen LogP contribution in [0.1, 0.15) is 41.4 Å². The fourth-order valence-corrected chi connectivity index (χ4v) is 2.68. The molecule has 1 heterocycles. The summed E-state index contributed by atoms with van der Waals surface area (Å²) in [6, 6.07) is 13.6. The number of carbonyl (C=O) groups excluding carboxylic acids is 1. The third kappa shape index (κ3) is 3.67. The molecule has 98 valence electrons. The van der Waals surface area contributed by atoms with E-state index in [1.807, 2.05) is 42.5 Å². The summed E-state index contributed by atoms with van der Waals surface area (Å²) in [7, 11) is 0. The second-order valence-corrected chi connectivity index (χ2v) is 5.59. The molecule has 19 heavy (non-hydrogen) atoms. The minimum atomic E-state index is 0.120. The molecule has 0 atom stereocenters. The topological polar surface area (TPSA) is 30.0 Å². The largest absolute Gasteiger partial charge is 0.282 e. The van der Waals surface area contributed by atoms with Crippen LogP contribution < -0.4 is 0 Å². The molecule has 1 aromatic heterocycles. The highest BCUT2D eigenvalue weighted by Gasteiger charge is 2.13. The van der Waals surface area contributed by atoms with Crippen LogP contribution >= 0.6 is 11.8 Å². The number of benzene rings is 1. The molecule has 0 aliphatic heterocycles. The Bertz CT molecular complexity index is 552. The fraction of sp³-hybridized carbons (Fsp3) is 0.250. The molecule has 2 aromatic rings. The van der Waals surface area contributed by atoms with E-state index in [4.69, 9.17) is 0 Å². The van der Waals surface area contributed by atoms with Crippen LogP contribution in [-0.4, -0.2) is 10.1 Å². The number of thioether (sulfide) groups is 1. The predicted molar refractivity (Wildman–Crippen MR) is 80.4 cm³/mol. The molecule has 0 radical (unpaired) electrons. The minimum absolute atomic E-state index is 0.120. The average Bonchev–Trinajstić information content (AvgIpc) is 2.46. The number of hydrogen-bond acceptors (Lipinski definition) is 3. The first-order chi connectivity index (χ1) is 9.18. The van der Waals surface area contributed by atoms with Gasteiger partial charge < -0.3 is 0 Å². The van der Waals surface area contributed by atoms with E-state index in [0.29, 0.717) is 11.7 Å². The van der Waals surface area contributed by atoms with Gasteiger partial charge in [-0.25, -0.2) is 0 Å². The molecule has 2 nitrogen and oxygen atoms in total. The van der Waals surface area contributed by atoms with Crippen molar-refractivity contribution in [3.63, 3.8) is 0 Å². The van der Waals surface area contributed by atoms with Crippen molar-refractivity contribution in [3.05, 3.63) is 65.5 Å². The summed E-state index contributed by atoms with van der Waals surface area (Å²) in [4.78, 5) is 16.5. The molecule has 0 N–H and O–H groups in total. The normalized spacial score (nSPS) is 10.7. The number of pyridine rings is 1. The fourth-order valence-electron chi connectivity index (χ4n) is 1.89. The summed E-state index contributed by atoms with van der Waals surface area (Å²) >= 11 is 1.31. The van der Waals surface area contributed by atoms with E-state index in [-0.39, 0.29) is 5.12 Å². The van der Waals surface area contributed by atoms with E-state index in [1.165, 1.54) is 11.8 Å². The van der Waals surface area contributed by atoms with E-state index in [1.54, 1.807) is 6.20 Å². The van der Waals surface area contributed by atoms with Crippen molar-refractivity contribution in [3.8, 4) is 0 Å². The Hall–Kier alpha value is -1.61. The molecule has 0 saturated carbocycles. The van der Waals surface area contributed by atoms with Gasteiger partial charge in [-0.05, 0) is 23.6 Å². The quantitative estimate of drug-likeness (QED) is 0.831. The zero-order valence-electron chi connectivity index (χ0n) is 11.2. The van der Waals surface area contributed by atoms with Crippen molar-refractivity contribution < 1.29 is 4.79 Å². The van der Waals surface area contributed by atoms with Crippen LogP contribution in [0, 0.1) is 0 Å². The molecule has 0 saturated heterocycles. The highest BCUT2D eigenvalue weighted by molar-refractivity contribution is 8.13. The molecule has 2 rings (SSSR count). The molecule has 1 aromatic carbocycles. The van der Waals surface area contributed by atoms with Crippen molar-refractivity contribution in [2.45, 2.75) is 25.5 Å². The smallest absolute Gasteiger partial charge is 0.220 e. The predicted octanol–water partition coefficient (Wildman–Crippen LogP) is 4.28. The maximum absolute atomic E-state index is 12.3. The van der Waals surface area contributed by atoms with E-state index >= 15 is 0 Å². The van der Waals surface area contributed by atoms with Crippen LogP contribution in [0.15, 0.2) is 48.7 Å². The first-order valence-corrected chi connectivity index (χ1v) is 7.33. The van der Waals surface area contributed by atoms with Crippen LogP contribution in [-0.2, 0) is 5.75 Å². The summed E-state index contributed by atoms with van der Waals surface area (Å²) in [6.45, 7) is 4.21. The lowest BCUT2D eigenvalue weighted by Gasteiger charge is -2.11. The number of aromatic nitrogens is 1. The van der Waals surface area contributed by atoms with E-state index < -0.39 is 0 Å². The second-order valence-electron chi connectivity index (χ2n) is 4.64. The van der Waals surface area contributed by atoms with Gasteiger partial charge in [-0.2, -0.15) is 0 Å². The Labute approximate surface area is 118 Å². The highest BCUT2D eigenvalue weighted by atomic mass is 32.2. The molecule has 3 heteroatoms. The van der Waals surface area contributed by atoms with E-state index in [2.05, 4.69) is 18.8 Å². The number of hydrogen-bond donors (Lipinski definition) is 0. The van der Waals surface area contributed by atoms with Crippen molar-refractivity contribution in [1.29, 1.82) is 0 Å². The Morgan fingerprint density at radius 2 is 1.89 bits per heavy atom. The Kier molecular flexibility index (Phi) is 4.74. The molecule has 0 fully saturated rings. The zero-order valence-corrected chi connectivity index (χ0v) is 12.0. The number of rotatable bonds is 4. The van der Waals surface area contributed by atoms with Gasteiger partial charge in [-0.3, -0.25) is 9.78 Å². The molecule has 0 amide bonds. The van der Waals surface area contributed by atoms with Gasteiger partial charge in [-0.1, -0.05) is 55.9 Å². The standard InChI is InChI=1S/C16H17NOS/c1-12(2)14-8-3-4-9-15(14)16(18)19-11-13-7-5-6-10-17-13/h3-10,12H,11H2,1-2H3. The van der Waals surface area contributed by atoms with Crippen LogP contribution in [0.5, 0.6) is 0 Å². The van der Waals surface area contributed by atoms with Gasteiger partial charge in [0.05, 0.1) is 5.69 Å². The SMILES string of the molecule is CC(C)c1ccccc1C(=O)SCc1ccccn1. The summed E-state index contributed by atoms with van der Waals surface area (Å²) in [5, 5.41) is 0.120.